The monoisotopic (exact) mass is 196 g/mol. The van der Waals surface area contributed by atoms with E-state index in [0.29, 0.717) is 11.6 Å². The minimum absolute atomic E-state index is 0.0832. The van der Waals surface area contributed by atoms with Crippen molar-refractivity contribution >= 4 is 17.6 Å². The molecule has 0 unspecified atom stereocenters. The Bertz CT molecular complexity index is 329. The van der Waals surface area contributed by atoms with Gasteiger partial charge in [-0.05, 0) is 0 Å². The number of carboxylic acid groups (broad SMARTS) is 1. The Kier molecular flexibility index (Phi) is 3.22. The fourth-order valence-electron chi connectivity index (χ4n) is 0.976. The first kappa shape index (κ1) is 10.2. The number of carbonyl (C=O) groups is 1. The second-order valence-electron chi connectivity index (χ2n) is 2.76. The van der Waals surface area contributed by atoms with Crippen LogP contribution in [0, 0.1) is 0 Å². The van der Waals surface area contributed by atoms with Gasteiger partial charge in [0.25, 0.3) is 0 Å². The summed E-state index contributed by atoms with van der Waals surface area (Å²) in [7, 11) is 3.40. The molecule has 0 saturated heterocycles. The number of aliphatic carboxylic acids is 1. The molecule has 6 nitrogen and oxygen atoms in total. The highest BCUT2D eigenvalue weighted by atomic mass is 16.4. The molecule has 0 fully saturated rings. The van der Waals surface area contributed by atoms with E-state index in [9.17, 15) is 4.79 Å². The van der Waals surface area contributed by atoms with Gasteiger partial charge in [0.15, 0.2) is 0 Å². The van der Waals surface area contributed by atoms with Gasteiger partial charge in [0.1, 0.15) is 24.5 Å². The predicted molar refractivity (Wildman–Crippen MR) is 52.5 cm³/mol. The van der Waals surface area contributed by atoms with Gasteiger partial charge < -0.3 is 15.3 Å². The van der Waals surface area contributed by atoms with Crippen molar-refractivity contribution in [2.75, 3.05) is 30.9 Å². The lowest BCUT2D eigenvalue weighted by Gasteiger charge is -2.15. The maximum Gasteiger partial charge on any atom is 0.323 e. The molecule has 1 aromatic heterocycles. The molecule has 76 valence electrons. The van der Waals surface area contributed by atoms with E-state index in [4.69, 9.17) is 5.11 Å². The fourth-order valence-corrected chi connectivity index (χ4v) is 0.976. The summed E-state index contributed by atoms with van der Waals surface area (Å²) in [6.45, 7) is -0.0832. The lowest BCUT2D eigenvalue weighted by molar-refractivity contribution is -0.135. The van der Waals surface area contributed by atoms with Gasteiger partial charge >= 0.3 is 5.97 Å². The van der Waals surface area contributed by atoms with Crippen LogP contribution in [0.3, 0.4) is 0 Å². The number of hydrogen-bond donors (Lipinski definition) is 2. The quantitative estimate of drug-likeness (QED) is 0.707. The van der Waals surface area contributed by atoms with Gasteiger partial charge in [-0.2, -0.15) is 0 Å². The third kappa shape index (κ3) is 2.58. The highest BCUT2D eigenvalue weighted by Gasteiger charge is 2.07. The van der Waals surface area contributed by atoms with E-state index in [2.05, 4.69) is 15.3 Å². The summed E-state index contributed by atoms with van der Waals surface area (Å²) in [6.07, 6.45) is 1.39. The van der Waals surface area contributed by atoms with Gasteiger partial charge in [-0.15, -0.1) is 0 Å². The van der Waals surface area contributed by atoms with Crippen LogP contribution in [0.1, 0.15) is 0 Å². The second-order valence-corrected chi connectivity index (χ2v) is 2.76. The molecule has 0 amide bonds. The molecule has 6 heteroatoms. The summed E-state index contributed by atoms with van der Waals surface area (Å²) >= 11 is 0. The molecule has 1 aromatic rings. The minimum atomic E-state index is -0.892. The standard InChI is InChI=1S/C8H12N4O2/c1-9-6-3-7(11-5-10-6)12(2)4-8(13)14/h3,5H,4H2,1-2H3,(H,13,14)(H,9,10,11). The summed E-state index contributed by atoms with van der Waals surface area (Å²) < 4.78 is 0. The molecule has 14 heavy (non-hydrogen) atoms. The Labute approximate surface area is 81.6 Å². The summed E-state index contributed by atoms with van der Waals surface area (Å²) in [5, 5.41) is 11.4. The van der Waals surface area contributed by atoms with E-state index >= 15 is 0 Å². The van der Waals surface area contributed by atoms with Crippen LogP contribution in [0.25, 0.3) is 0 Å². The van der Waals surface area contributed by atoms with Crippen LogP contribution in [-0.2, 0) is 4.79 Å². The molecule has 2 N–H and O–H groups in total. The van der Waals surface area contributed by atoms with Crippen molar-refractivity contribution in [3.8, 4) is 0 Å². The molecular weight excluding hydrogens is 184 g/mol. The molecule has 0 aliphatic carbocycles. The van der Waals surface area contributed by atoms with Crippen molar-refractivity contribution in [2.24, 2.45) is 0 Å². The fraction of sp³-hybridized carbons (Fsp3) is 0.375. The first-order valence-electron chi connectivity index (χ1n) is 4.06. The number of anilines is 2. The van der Waals surface area contributed by atoms with E-state index in [1.165, 1.54) is 11.2 Å². The van der Waals surface area contributed by atoms with Crippen molar-refractivity contribution in [3.05, 3.63) is 12.4 Å². The molecule has 0 radical (unpaired) electrons. The molecule has 0 saturated carbocycles. The Balaban J connectivity index is 2.78. The third-order valence-corrected chi connectivity index (χ3v) is 1.67. The summed E-state index contributed by atoms with van der Waals surface area (Å²) in [5.41, 5.74) is 0. The molecule has 1 rings (SSSR count). The number of aromatic nitrogens is 2. The average molecular weight is 196 g/mol. The average Bonchev–Trinajstić information content (AvgIpc) is 2.17. The molecule has 0 aliphatic rings. The van der Waals surface area contributed by atoms with Crippen LogP contribution in [0.4, 0.5) is 11.6 Å². The van der Waals surface area contributed by atoms with Gasteiger partial charge in [-0.3, -0.25) is 4.79 Å². The molecule has 0 aliphatic heterocycles. The molecule has 0 aromatic carbocycles. The smallest absolute Gasteiger partial charge is 0.323 e. The van der Waals surface area contributed by atoms with E-state index in [1.54, 1.807) is 20.2 Å². The van der Waals surface area contributed by atoms with Crippen molar-refractivity contribution in [2.45, 2.75) is 0 Å². The van der Waals surface area contributed by atoms with Crippen molar-refractivity contribution in [1.29, 1.82) is 0 Å². The minimum Gasteiger partial charge on any atom is -0.480 e. The number of nitrogens with zero attached hydrogens (tertiary/aromatic N) is 3. The largest absolute Gasteiger partial charge is 0.480 e. The van der Waals surface area contributed by atoms with Crippen LogP contribution in [0.15, 0.2) is 12.4 Å². The summed E-state index contributed by atoms with van der Waals surface area (Å²) in [4.78, 5) is 19.8. The summed E-state index contributed by atoms with van der Waals surface area (Å²) in [5.74, 6) is 0.344. The Morgan fingerprint density at radius 2 is 2.36 bits per heavy atom. The van der Waals surface area contributed by atoms with Gasteiger partial charge in [0, 0.05) is 20.2 Å². The normalized spacial score (nSPS) is 9.57. The second kappa shape index (κ2) is 4.40. The number of likely N-dealkylation sites (N-methyl/N-ethyl adjacent to an activating group) is 1. The first-order valence-corrected chi connectivity index (χ1v) is 4.06. The zero-order valence-corrected chi connectivity index (χ0v) is 8.06. The van der Waals surface area contributed by atoms with Crippen molar-refractivity contribution < 1.29 is 9.90 Å². The van der Waals surface area contributed by atoms with Crippen molar-refractivity contribution in [1.82, 2.24) is 9.97 Å². The molecule has 0 atom stereocenters. The van der Waals surface area contributed by atoms with Crippen LogP contribution in [-0.4, -0.2) is 41.7 Å². The molecule has 0 bridgehead atoms. The highest BCUT2D eigenvalue weighted by Crippen LogP contribution is 2.11. The zero-order valence-electron chi connectivity index (χ0n) is 8.06. The van der Waals surface area contributed by atoms with Gasteiger partial charge in [0.2, 0.25) is 0 Å². The first-order chi connectivity index (χ1) is 6.63. The maximum atomic E-state index is 10.4. The molecular formula is C8H12N4O2. The summed E-state index contributed by atoms with van der Waals surface area (Å²) in [6, 6.07) is 1.68. The number of rotatable bonds is 4. The van der Waals surface area contributed by atoms with Crippen molar-refractivity contribution in [3.63, 3.8) is 0 Å². The highest BCUT2D eigenvalue weighted by molar-refractivity contribution is 5.73. The third-order valence-electron chi connectivity index (χ3n) is 1.67. The SMILES string of the molecule is CNc1cc(N(C)CC(=O)O)ncn1. The maximum absolute atomic E-state index is 10.4. The lowest BCUT2D eigenvalue weighted by Crippen LogP contribution is -2.26. The zero-order chi connectivity index (χ0) is 10.6. The lowest BCUT2D eigenvalue weighted by atomic mass is 10.4. The molecule has 0 spiro atoms. The predicted octanol–water partition coefficient (Wildman–Crippen LogP) is 0.0391. The van der Waals surface area contributed by atoms with E-state index in [1.807, 2.05) is 0 Å². The van der Waals surface area contributed by atoms with Crippen LogP contribution in [0.2, 0.25) is 0 Å². The van der Waals surface area contributed by atoms with E-state index < -0.39 is 5.97 Å². The molecule has 1 heterocycles. The Morgan fingerprint density at radius 3 is 2.93 bits per heavy atom. The van der Waals surface area contributed by atoms with Crippen LogP contribution >= 0.6 is 0 Å². The van der Waals surface area contributed by atoms with Gasteiger partial charge in [0.05, 0.1) is 0 Å². The number of hydrogen-bond acceptors (Lipinski definition) is 5. The van der Waals surface area contributed by atoms with Crippen LogP contribution in [0.5, 0.6) is 0 Å². The Hall–Kier alpha value is -1.85. The van der Waals surface area contributed by atoms with Crippen LogP contribution < -0.4 is 10.2 Å². The van der Waals surface area contributed by atoms with E-state index in [-0.39, 0.29) is 6.54 Å². The Morgan fingerprint density at radius 1 is 1.64 bits per heavy atom. The topological polar surface area (TPSA) is 78.4 Å². The van der Waals surface area contributed by atoms with E-state index in [0.717, 1.165) is 0 Å². The van der Waals surface area contributed by atoms with Gasteiger partial charge in [-0.25, -0.2) is 9.97 Å². The number of nitrogens with one attached hydrogen (secondary N) is 1. The number of carboxylic acids is 1. The van der Waals surface area contributed by atoms with Gasteiger partial charge in [-0.1, -0.05) is 0 Å².